The van der Waals surface area contributed by atoms with Crippen LogP contribution in [0.5, 0.6) is 0 Å². The van der Waals surface area contributed by atoms with Gasteiger partial charge in [0.25, 0.3) is 0 Å². The van der Waals surface area contributed by atoms with E-state index < -0.39 is 5.97 Å². The smallest absolute Gasteiger partial charge is 0.359 e. The fraction of sp³-hybridized carbons (Fsp3) is 0.600. The molecule has 1 aromatic rings. The lowest BCUT2D eigenvalue weighted by molar-refractivity contribution is -0.133. The van der Waals surface area contributed by atoms with E-state index in [0.717, 1.165) is 11.3 Å². The molecule has 0 radical (unpaired) electrons. The number of aryl methyl sites for hydroxylation is 1. The molecular weight excluding hydrogens is 286 g/mol. The predicted octanol–water partition coefficient (Wildman–Crippen LogP) is 0.851. The predicted molar refractivity (Wildman–Crippen MR) is 78.2 cm³/mol. The Morgan fingerprint density at radius 2 is 2.00 bits per heavy atom. The molecule has 1 aliphatic rings. The van der Waals surface area contributed by atoms with Crippen LogP contribution in [0.3, 0.4) is 0 Å². The van der Waals surface area contributed by atoms with Gasteiger partial charge in [-0.25, -0.2) is 4.79 Å². The number of carbonyl (C=O) groups excluding carboxylic acids is 3. The number of Topliss-reactive ketones (excluding diaryl/α,β-unsaturated/α-hetero) is 1. The molecule has 0 atom stereocenters. The van der Waals surface area contributed by atoms with Crippen molar-refractivity contribution < 1.29 is 19.1 Å². The molecule has 0 N–H and O–H groups in total. The zero-order chi connectivity index (χ0) is 16.3. The van der Waals surface area contributed by atoms with Gasteiger partial charge in [-0.05, 0) is 13.8 Å². The molecule has 7 heteroatoms. The standard InChI is InChI=1S/C15H21N3O4/c1-4-22-15(21)14-11-9-18(13(20)6-5-10(2)19)8-7-12(11)17(3)16-14/h4-9H2,1-3H3. The molecule has 0 aliphatic carbocycles. The lowest BCUT2D eigenvalue weighted by Crippen LogP contribution is -2.36. The number of nitrogens with zero attached hydrogens (tertiary/aromatic N) is 3. The molecule has 0 spiro atoms. The number of carbonyl (C=O) groups is 3. The Hall–Kier alpha value is -2.18. The number of rotatable bonds is 5. The molecule has 0 fully saturated rings. The topological polar surface area (TPSA) is 81.5 Å². The van der Waals surface area contributed by atoms with Crippen LogP contribution in [-0.2, 0) is 34.3 Å². The first-order chi connectivity index (χ1) is 10.4. The maximum atomic E-state index is 12.2. The van der Waals surface area contributed by atoms with Gasteiger partial charge < -0.3 is 14.4 Å². The zero-order valence-corrected chi connectivity index (χ0v) is 13.2. The molecule has 2 heterocycles. The first kappa shape index (κ1) is 16.2. The third kappa shape index (κ3) is 3.35. The summed E-state index contributed by atoms with van der Waals surface area (Å²) in [5, 5.41) is 4.23. The van der Waals surface area contributed by atoms with Crippen LogP contribution in [-0.4, -0.2) is 45.5 Å². The van der Waals surface area contributed by atoms with E-state index in [9.17, 15) is 14.4 Å². The lowest BCUT2D eigenvalue weighted by Gasteiger charge is -2.27. The van der Waals surface area contributed by atoms with Crippen molar-refractivity contribution in [3.8, 4) is 0 Å². The largest absolute Gasteiger partial charge is 0.461 e. The minimum Gasteiger partial charge on any atom is -0.461 e. The number of ketones is 1. The van der Waals surface area contributed by atoms with Crippen LogP contribution >= 0.6 is 0 Å². The summed E-state index contributed by atoms with van der Waals surface area (Å²) in [6, 6.07) is 0. The first-order valence-corrected chi connectivity index (χ1v) is 7.43. The maximum absolute atomic E-state index is 12.2. The van der Waals surface area contributed by atoms with E-state index in [0.29, 0.717) is 19.5 Å². The fourth-order valence-electron chi connectivity index (χ4n) is 2.61. The summed E-state index contributed by atoms with van der Waals surface area (Å²) in [5.74, 6) is -0.531. The highest BCUT2D eigenvalue weighted by Crippen LogP contribution is 2.23. The summed E-state index contributed by atoms with van der Waals surface area (Å²) in [7, 11) is 1.79. The van der Waals surface area contributed by atoms with E-state index in [-0.39, 0.29) is 36.8 Å². The normalized spacial score (nSPS) is 13.7. The molecule has 0 saturated heterocycles. The Balaban J connectivity index is 2.16. The van der Waals surface area contributed by atoms with Crippen LogP contribution in [0.15, 0.2) is 0 Å². The van der Waals surface area contributed by atoms with E-state index in [1.54, 1.807) is 23.6 Å². The average molecular weight is 307 g/mol. The Morgan fingerprint density at radius 3 is 2.64 bits per heavy atom. The quantitative estimate of drug-likeness (QED) is 0.753. The molecule has 1 aliphatic heterocycles. The molecule has 1 amide bonds. The van der Waals surface area contributed by atoms with Crippen LogP contribution in [0.2, 0.25) is 0 Å². The molecule has 2 rings (SSSR count). The summed E-state index contributed by atoms with van der Waals surface area (Å²) in [6.45, 7) is 4.41. The molecule has 120 valence electrons. The molecule has 22 heavy (non-hydrogen) atoms. The third-order valence-electron chi connectivity index (χ3n) is 3.75. The highest BCUT2D eigenvalue weighted by atomic mass is 16.5. The van der Waals surface area contributed by atoms with Crippen molar-refractivity contribution >= 4 is 17.7 Å². The van der Waals surface area contributed by atoms with E-state index in [1.165, 1.54) is 6.92 Å². The van der Waals surface area contributed by atoms with Gasteiger partial charge in [0.05, 0.1) is 6.61 Å². The first-order valence-electron chi connectivity index (χ1n) is 7.43. The molecule has 0 bridgehead atoms. The van der Waals surface area contributed by atoms with Crippen LogP contribution in [0.4, 0.5) is 0 Å². The minimum atomic E-state index is -0.461. The summed E-state index contributed by atoms with van der Waals surface area (Å²) in [5.41, 5.74) is 1.99. The van der Waals surface area contributed by atoms with E-state index >= 15 is 0 Å². The number of ether oxygens (including phenoxy) is 1. The number of amides is 1. The second-order valence-electron chi connectivity index (χ2n) is 5.39. The Bertz CT molecular complexity index is 606. The highest BCUT2D eigenvalue weighted by molar-refractivity contribution is 5.90. The molecular formula is C15H21N3O4. The summed E-state index contributed by atoms with van der Waals surface area (Å²) in [6.07, 6.45) is 1.10. The Morgan fingerprint density at radius 1 is 1.27 bits per heavy atom. The maximum Gasteiger partial charge on any atom is 0.359 e. The highest BCUT2D eigenvalue weighted by Gasteiger charge is 2.29. The number of hydrogen-bond donors (Lipinski definition) is 0. The van der Waals surface area contributed by atoms with E-state index in [4.69, 9.17) is 4.74 Å². The SMILES string of the molecule is CCOC(=O)c1nn(C)c2c1CN(C(=O)CCC(C)=O)CC2. The summed E-state index contributed by atoms with van der Waals surface area (Å²) >= 11 is 0. The van der Waals surface area contributed by atoms with Crippen LogP contribution in [0.1, 0.15) is 48.4 Å². The minimum absolute atomic E-state index is 0.000334. The van der Waals surface area contributed by atoms with Gasteiger partial charge >= 0.3 is 5.97 Å². The summed E-state index contributed by atoms with van der Waals surface area (Å²) < 4.78 is 6.70. The molecule has 1 aromatic heterocycles. The monoisotopic (exact) mass is 307 g/mol. The van der Waals surface area contributed by atoms with Crippen molar-refractivity contribution in [2.45, 2.75) is 39.7 Å². The second kappa shape index (κ2) is 6.72. The average Bonchev–Trinajstić information content (AvgIpc) is 2.81. The van der Waals surface area contributed by atoms with Gasteiger partial charge in [-0.3, -0.25) is 9.48 Å². The number of esters is 1. The van der Waals surface area contributed by atoms with Gasteiger partial charge in [0.15, 0.2) is 5.69 Å². The second-order valence-corrected chi connectivity index (χ2v) is 5.39. The van der Waals surface area contributed by atoms with Gasteiger partial charge in [0, 0.05) is 50.7 Å². The number of fused-ring (bicyclic) bond motifs is 1. The van der Waals surface area contributed by atoms with E-state index in [1.807, 2.05) is 0 Å². The van der Waals surface area contributed by atoms with Gasteiger partial charge in [-0.1, -0.05) is 0 Å². The van der Waals surface area contributed by atoms with Gasteiger partial charge in [0.1, 0.15) is 5.78 Å². The zero-order valence-electron chi connectivity index (χ0n) is 13.2. The van der Waals surface area contributed by atoms with Gasteiger partial charge in [-0.2, -0.15) is 5.10 Å². The van der Waals surface area contributed by atoms with Crippen molar-refractivity contribution in [3.05, 3.63) is 17.0 Å². The summed E-state index contributed by atoms with van der Waals surface area (Å²) in [4.78, 5) is 36.8. The Kier molecular flexibility index (Phi) is 4.95. The van der Waals surface area contributed by atoms with Crippen molar-refractivity contribution in [3.63, 3.8) is 0 Å². The number of aromatic nitrogens is 2. The van der Waals surface area contributed by atoms with Gasteiger partial charge in [-0.15, -0.1) is 0 Å². The molecule has 0 unspecified atom stereocenters. The van der Waals surface area contributed by atoms with Crippen LogP contribution in [0, 0.1) is 0 Å². The van der Waals surface area contributed by atoms with Gasteiger partial charge in [0.2, 0.25) is 5.91 Å². The third-order valence-corrected chi connectivity index (χ3v) is 3.75. The van der Waals surface area contributed by atoms with Crippen molar-refractivity contribution in [2.75, 3.05) is 13.2 Å². The molecule has 0 saturated carbocycles. The van der Waals surface area contributed by atoms with Crippen molar-refractivity contribution in [1.29, 1.82) is 0 Å². The van der Waals surface area contributed by atoms with E-state index in [2.05, 4.69) is 5.10 Å². The fourth-order valence-corrected chi connectivity index (χ4v) is 2.61. The van der Waals surface area contributed by atoms with Crippen molar-refractivity contribution in [1.82, 2.24) is 14.7 Å². The number of hydrogen-bond acceptors (Lipinski definition) is 5. The lowest BCUT2D eigenvalue weighted by atomic mass is 10.0. The van der Waals surface area contributed by atoms with Crippen LogP contribution in [0.25, 0.3) is 0 Å². The van der Waals surface area contributed by atoms with Crippen molar-refractivity contribution in [2.24, 2.45) is 7.05 Å². The molecule has 0 aromatic carbocycles. The van der Waals surface area contributed by atoms with Crippen LogP contribution < -0.4 is 0 Å². The Labute approximate surface area is 129 Å². The molecule has 7 nitrogen and oxygen atoms in total.